The smallest absolute Gasteiger partial charge is 0.225 e. The van der Waals surface area contributed by atoms with E-state index in [4.69, 9.17) is 0 Å². The van der Waals surface area contributed by atoms with Crippen molar-refractivity contribution in [1.29, 1.82) is 0 Å². The third kappa shape index (κ3) is 4.11. The summed E-state index contributed by atoms with van der Waals surface area (Å²) >= 11 is 0. The Labute approximate surface area is 135 Å². The molecule has 1 atom stereocenters. The molecule has 3 saturated heterocycles. The predicted octanol–water partition coefficient (Wildman–Crippen LogP) is 1.74. The van der Waals surface area contributed by atoms with Crippen LogP contribution in [0.15, 0.2) is 0 Å². The van der Waals surface area contributed by atoms with E-state index < -0.39 is 0 Å². The molecule has 1 N–H and O–H groups in total. The number of hydrogen-bond donors (Lipinski definition) is 1. The number of nitrogens with one attached hydrogen (secondary N) is 1. The van der Waals surface area contributed by atoms with Gasteiger partial charge in [-0.25, -0.2) is 0 Å². The molecule has 0 bridgehead atoms. The fraction of sp³-hybridized carbons (Fsp3) is 0.938. The lowest BCUT2D eigenvalue weighted by atomic mass is 9.87. The Morgan fingerprint density at radius 3 is 2.43 bits per heavy atom. The van der Waals surface area contributed by atoms with Crippen LogP contribution in [0.25, 0.3) is 0 Å². The number of rotatable bonds is 3. The highest BCUT2D eigenvalue weighted by atomic mass is 35.5. The summed E-state index contributed by atoms with van der Waals surface area (Å²) in [5.74, 6) is 0.745. The predicted molar refractivity (Wildman–Crippen MR) is 87.8 cm³/mol. The zero-order valence-electron chi connectivity index (χ0n) is 13.3. The molecule has 4 nitrogen and oxygen atoms in total. The first-order chi connectivity index (χ1) is 9.66. The minimum absolute atomic E-state index is 0. The molecule has 3 heterocycles. The summed E-state index contributed by atoms with van der Waals surface area (Å²) in [5.41, 5.74) is 0.450. The van der Waals surface area contributed by atoms with Crippen LogP contribution in [-0.4, -0.2) is 61.5 Å². The fourth-order valence-corrected chi connectivity index (χ4v) is 4.08. The van der Waals surface area contributed by atoms with Crippen molar-refractivity contribution in [3.63, 3.8) is 0 Å². The molecular formula is C16H30ClN3O. The molecule has 3 aliphatic heterocycles. The Morgan fingerprint density at radius 2 is 1.86 bits per heavy atom. The molecule has 5 heteroatoms. The lowest BCUT2D eigenvalue weighted by Crippen LogP contribution is -2.45. The third-order valence-corrected chi connectivity index (χ3v) is 5.42. The maximum atomic E-state index is 12.4. The Morgan fingerprint density at radius 1 is 1.19 bits per heavy atom. The number of carbonyl (C=O) groups excluding carboxylic acids is 1. The van der Waals surface area contributed by atoms with Crippen LogP contribution in [0.3, 0.4) is 0 Å². The quantitative estimate of drug-likeness (QED) is 0.862. The lowest BCUT2D eigenvalue weighted by Gasteiger charge is -2.37. The Bertz CT molecular complexity index is 343. The van der Waals surface area contributed by atoms with Gasteiger partial charge in [0.2, 0.25) is 5.91 Å². The number of hydrogen-bond acceptors (Lipinski definition) is 3. The molecule has 0 spiro atoms. The Kier molecular flexibility index (Phi) is 5.92. The first-order valence-corrected chi connectivity index (χ1v) is 8.38. The van der Waals surface area contributed by atoms with E-state index in [1.165, 1.54) is 32.4 Å². The van der Waals surface area contributed by atoms with Gasteiger partial charge in [-0.2, -0.15) is 0 Å². The van der Waals surface area contributed by atoms with Gasteiger partial charge in [-0.15, -0.1) is 12.4 Å². The first kappa shape index (κ1) is 17.0. The van der Waals surface area contributed by atoms with E-state index in [-0.39, 0.29) is 12.4 Å². The average Bonchev–Trinajstić information content (AvgIpc) is 3.10. The standard InChI is InChI=1S/C16H29N3O.ClH/c1-16(6-7-17-12-16)13-18-10-4-14(5-11-18)15(20)19-8-2-3-9-19;/h14,17H,2-13H2,1H3;1H. The SMILES string of the molecule is CC1(CN2CCC(C(=O)N3CCCC3)CC2)CCNC1.Cl. The van der Waals surface area contributed by atoms with Crippen LogP contribution in [0.5, 0.6) is 0 Å². The minimum atomic E-state index is 0. The molecular weight excluding hydrogens is 286 g/mol. The van der Waals surface area contributed by atoms with Crippen LogP contribution in [-0.2, 0) is 4.79 Å². The lowest BCUT2D eigenvalue weighted by molar-refractivity contribution is -0.136. The summed E-state index contributed by atoms with van der Waals surface area (Å²) in [7, 11) is 0. The van der Waals surface area contributed by atoms with Crippen molar-refractivity contribution in [1.82, 2.24) is 15.1 Å². The van der Waals surface area contributed by atoms with E-state index in [0.29, 0.717) is 17.2 Å². The van der Waals surface area contributed by atoms with Gasteiger partial charge in [0.05, 0.1) is 0 Å². The van der Waals surface area contributed by atoms with Crippen LogP contribution < -0.4 is 5.32 Å². The molecule has 0 radical (unpaired) electrons. The number of amides is 1. The van der Waals surface area contributed by atoms with Crippen LogP contribution in [0, 0.1) is 11.3 Å². The normalized spacial score (nSPS) is 31.4. The van der Waals surface area contributed by atoms with Crippen LogP contribution >= 0.6 is 12.4 Å². The minimum Gasteiger partial charge on any atom is -0.342 e. The van der Waals surface area contributed by atoms with Crippen molar-refractivity contribution in [2.24, 2.45) is 11.3 Å². The highest BCUT2D eigenvalue weighted by Gasteiger charge is 2.34. The highest BCUT2D eigenvalue weighted by molar-refractivity contribution is 5.85. The van der Waals surface area contributed by atoms with Gasteiger partial charge in [-0.1, -0.05) is 6.92 Å². The second-order valence-corrected chi connectivity index (χ2v) is 7.32. The zero-order chi connectivity index (χ0) is 14.0. The molecule has 3 aliphatic rings. The van der Waals surface area contributed by atoms with E-state index in [2.05, 4.69) is 22.0 Å². The topological polar surface area (TPSA) is 35.6 Å². The molecule has 0 aromatic heterocycles. The Hall–Kier alpha value is -0.320. The molecule has 3 rings (SSSR count). The summed E-state index contributed by atoms with van der Waals surface area (Å²) in [6.45, 7) is 10.1. The van der Waals surface area contributed by atoms with Crippen molar-refractivity contribution in [2.45, 2.75) is 39.0 Å². The van der Waals surface area contributed by atoms with Gasteiger partial charge in [-0.3, -0.25) is 4.79 Å². The first-order valence-electron chi connectivity index (χ1n) is 8.38. The largest absolute Gasteiger partial charge is 0.342 e. The third-order valence-electron chi connectivity index (χ3n) is 5.42. The van der Waals surface area contributed by atoms with E-state index in [0.717, 1.165) is 45.6 Å². The van der Waals surface area contributed by atoms with Gasteiger partial charge >= 0.3 is 0 Å². The average molecular weight is 316 g/mol. The van der Waals surface area contributed by atoms with Gasteiger partial charge in [-0.05, 0) is 57.2 Å². The highest BCUT2D eigenvalue weighted by Crippen LogP contribution is 2.29. The van der Waals surface area contributed by atoms with E-state index in [1.54, 1.807) is 0 Å². The number of halogens is 1. The number of nitrogens with zero attached hydrogens (tertiary/aromatic N) is 2. The van der Waals surface area contributed by atoms with Crippen LogP contribution in [0.2, 0.25) is 0 Å². The second kappa shape index (κ2) is 7.30. The molecule has 0 saturated carbocycles. The maximum absolute atomic E-state index is 12.4. The zero-order valence-corrected chi connectivity index (χ0v) is 14.1. The molecule has 0 aromatic carbocycles. The number of carbonyl (C=O) groups is 1. The Balaban J connectivity index is 0.00000161. The van der Waals surface area contributed by atoms with Gasteiger partial charge in [0.15, 0.2) is 0 Å². The van der Waals surface area contributed by atoms with Crippen LogP contribution in [0.1, 0.15) is 39.0 Å². The number of piperidine rings is 1. The number of likely N-dealkylation sites (tertiary alicyclic amines) is 2. The molecule has 3 fully saturated rings. The second-order valence-electron chi connectivity index (χ2n) is 7.32. The van der Waals surface area contributed by atoms with Gasteiger partial charge in [0.25, 0.3) is 0 Å². The molecule has 1 amide bonds. The van der Waals surface area contributed by atoms with Gasteiger partial charge in [0, 0.05) is 32.1 Å². The van der Waals surface area contributed by atoms with Crippen molar-refractivity contribution in [3.05, 3.63) is 0 Å². The molecule has 0 aromatic rings. The molecule has 0 aliphatic carbocycles. The molecule has 1 unspecified atom stereocenters. The van der Waals surface area contributed by atoms with Gasteiger partial charge in [0.1, 0.15) is 0 Å². The fourth-order valence-electron chi connectivity index (χ4n) is 4.08. The van der Waals surface area contributed by atoms with E-state index in [9.17, 15) is 4.79 Å². The van der Waals surface area contributed by atoms with Crippen LogP contribution in [0.4, 0.5) is 0 Å². The molecule has 122 valence electrons. The van der Waals surface area contributed by atoms with E-state index in [1.807, 2.05) is 0 Å². The van der Waals surface area contributed by atoms with Crippen molar-refractivity contribution in [2.75, 3.05) is 45.8 Å². The summed E-state index contributed by atoms with van der Waals surface area (Å²) in [5, 5.41) is 3.48. The van der Waals surface area contributed by atoms with Crippen molar-refractivity contribution < 1.29 is 4.79 Å². The summed E-state index contributed by atoms with van der Waals surface area (Å²) < 4.78 is 0. The summed E-state index contributed by atoms with van der Waals surface area (Å²) in [6.07, 6.45) is 5.84. The van der Waals surface area contributed by atoms with Crippen molar-refractivity contribution >= 4 is 18.3 Å². The summed E-state index contributed by atoms with van der Waals surface area (Å²) in [6, 6.07) is 0. The van der Waals surface area contributed by atoms with Crippen molar-refractivity contribution in [3.8, 4) is 0 Å². The maximum Gasteiger partial charge on any atom is 0.225 e. The van der Waals surface area contributed by atoms with E-state index >= 15 is 0 Å². The summed E-state index contributed by atoms with van der Waals surface area (Å²) in [4.78, 5) is 17.1. The monoisotopic (exact) mass is 315 g/mol. The molecule has 21 heavy (non-hydrogen) atoms. The van der Waals surface area contributed by atoms with Gasteiger partial charge < -0.3 is 15.1 Å².